The molecule has 1 aromatic carbocycles. The lowest BCUT2D eigenvalue weighted by Crippen LogP contribution is -2.47. The number of rotatable bonds is 8. The number of fused-ring (bicyclic) bond motifs is 1. The van der Waals surface area contributed by atoms with Crippen molar-refractivity contribution in [3.8, 4) is 5.75 Å². The van der Waals surface area contributed by atoms with Gasteiger partial charge in [-0.2, -0.15) is 13.2 Å². The van der Waals surface area contributed by atoms with Crippen molar-refractivity contribution in [1.29, 1.82) is 0 Å². The van der Waals surface area contributed by atoms with Gasteiger partial charge in [0.1, 0.15) is 17.7 Å². The van der Waals surface area contributed by atoms with E-state index in [1.165, 1.54) is 11.0 Å². The van der Waals surface area contributed by atoms with Crippen LogP contribution in [0.1, 0.15) is 39.4 Å². The summed E-state index contributed by atoms with van der Waals surface area (Å²) in [5.41, 5.74) is -0.331. The highest BCUT2D eigenvalue weighted by molar-refractivity contribution is 6.03. The number of aliphatic hydroxyl groups is 1. The number of ether oxygens (including phenoxy) is 1. The standard InChI is InChI=1S/C26H27F3N4O6/c1-15-11-18-21(25(38)33(15)12-19(35)16-5-3-2-4-6-16)23(39-14-26(27,28)29)22(31-18)24(37)30-17-7-9-32(10-8-17)20(36)13-34/h2-6,11,17,31,34H,7-10,12-14H2,1H3,(H,30,37). The number of piperidine rings is 1. The second kappa shape index (κ2) is 11.3. The van der Waals surface area contributed by atoms with Gasteiger partial charge in [0.2, 0.25) is 5.91 Å². The number of carbonyl (C=O) groups is 3. The minimum atomic E-state index is -4.74. The Morgan fingerprint density at radius 3 is 2.44 bits per heavy atom. The van der Waals surface area contributed by atoms with E-state index in [4.69, 9.17) is 9.84 Å². The molecule has 0 radical (unpaired) electrons. The Bertz CT molecular complexity index is 1440. The first kappa shape index (κ1) is 27.9. The van der Waals surface area contributed by atoms with Gasteiger partial charge in [-0.3, -0.25) is 19.2 Å². The summed E-state index contributed by atoms with van der Waals surface area (Å²) in [6.07, 6.45) is -4.01. The number of nitrogens with zero attached hydrogens (tertiary/aromatic N) is 2. The molecule has 0 saturated carbocycles. The van der Waals surface area contributed by atoms with Crippen LogP contribution in [0.3, 0.4) is 0 Å². The van der Waals surface area contributed by atoms with Crippen LogP contribution >= 0.6 is 0 Å². The van der Waals surface area contributed by atoms with Crippen molar-refractivity contribution in [2.24, 2.45) is 0 Å². The highest BCUT2D eigenvalue weighted by Gasteiger charge is 2.32. The Labute approximate surface area is 220 Å². The molecule has 3 aromatic rings. The molecule has 0 unspecified atom stereocenters. The lowest BCUT2D eigenvalue weighted by molar-refractivity contribution is -0.153. The number of benzene rings is 1. The zero-order valence-corrected chi connectivity index (χ0v) is 21.0. The minimum Gasteiger partial charge on any atom is -0.481 e. The SMILES string of the molecule is Cc1cc2[nH]c(C(=O)NC3CCN(C(=O)CO)CC3)c(OCC(F)(F)F)c2c(=O)n1CC(=O)c1ccccc1. The number of H-pyrrole nitrogens is 1. The first-order chi connectivity index (χ1) is 18.5. The summed E-state index contributed by atoms with van der Waals surface area (Å²) in [6, 6.07) is 9.30. The van der Waals surface area contributed by atoms with Gasteiger partial charge in [0, 0.05) is 30.4 Å². The fraction of sp³-hybridized carbons (Fsp3) is 0.385. The van der Waals surface area contributed by atoms with Crippen molar-refractivity contribution < 1.29 is 37.4 Å². The van der Waals surface area contributed by atoms with Crippen LogP contribution < -0.4 is 15.6 Å². The summed E-state index contributed by atoms with van der Waals surface area (Å²) in [5, 5.41) is 11.5. The van der Waals surface area contributed by atoms with Gasteiger partial charge in [0.25, 0.3) is 11.5 Å². The number of pyridine rings is 1. The van der Waals surface area contributed by atoms with E-state index in [2.05, 4.69) is 10.3 Å². The molecule has 10 nitrogen and oxygen atoms in total. The average molecular weight is 549 g/mol. The summed E-state index contributed by atoms with van der Waals surface area (Å²) >= 11 is 0. The molecule has 0 aliphatic carbocycles. The van der Waals surface area contributed by atoms with E-state index in [0.29, 0.717) is 24.1 Å². The molecular formula is C26H27F3N4O6. The number of carbonyl (C=O) groups excluding carboxylic acids is 3. The number of alkyl halides is 3. The lowest BCUT2D eigenvalue weighted by atomic mass is 10.0. The van der Waals surface area contributed by atoms with Crippen LogP contribution in [0, 0.1) is 6.92 Å². The fourth-order valence-electron chi connectivity index (χ4n) is 4.55. The van der Waals surface area contributed by atoms with Crippen LogP contribution in [0.25, 0.3) is 10.9 Å². The van der Waals surface area contributed by atoms with E-state index in [0.717, 1.165) is 4.57 Å². The number of hydrogen-bond acceptors (Lipinski definition) is 6. The molecule has 13 heteroatoms. The fourth-order valence-corrected chi connectivity index (χ4v) is 4.55. The molecule has 1 fully saturated rings. The Morgan fingerprint density at radius 2 is 1.82 bits per heavy atom. The number of aryl methyl sites for hydroxylation is 1. The number of likely N-dealkylation sites (tertiary alicyclic amines) is 1. The average Bonchev–Trinajstić information content (AvgIpc) is 3.28. The molecule has 1 aliphatic rings. The van der Waals surface area contributed by atoms with Crippen LogP contribution in [0.15, 0.2) is 41.2 Å². The second-order valence-electron chi connectivity index (χ2n) is 9.27. The quantitative estimate of drug-likeness (QED) is 0.370. The van der Waals surface area contributed by atoms with Crippen molar-refractivity contribution in [2.75, 3.05) is 26.3 Å². The minimum absolute atomic E-state index is 0.0894. The number of amides is 2. The molecular weight excluding hydrogens is 521 g/mol. The van der Waals surface area contributed by atoms with Crippen LogP contribution in [0.2, 0.25) is 0 Å². The maximum absolute atomic E-state index is 13.5. The van der Waals surface area contributed by atoms with Gasteiger partial charge in [0.15, 0.2) is 18.1 Å². The van der Waals surface area contributed by atoms with Gasteiger partial charge in [-0.15, -0.1) is 0 Å². The number of aliphatic hydroxyl groups excluding tert-OH is 1. The van der Waals surface area contributed by atoms with Crippen LogP contribution in [0.4, 0.5) is 13.2 Å². The van der Waals surface area contributed by atoms with E-state index >= 15 is 0 Å². The molecule has 1 aliphatic heterocycles. The molecule has 208 valence electrons. The smallest absolute Gasteiger partial charge is 0.422 e. The molecule has 4 rings (SSSR count). The summed E-state index contributed by atoms with van der Waals surface area (Å²) in [4.78, 5) is 55.2. The Hall–Kier alpha value is -4.13. The predicted octanol–water partition coefficient (Wildman–Crippen LogP) is 2.18. The first-order valence-electron chi connectivity index (χ1n) is 12.2. The summed E-state index contributed by atoms with van der Waals surface area (Å²) in [7, 11) is 0. The summed E-state index contributed by atoms with van der Waals surface area (Å²) in [6.45, 7) is -0.585. The number of aromatic nitrogens is 2. The van der Waals surface area contributed by atoms with E-state index in [9.17, 15) is 32.3 Å². The van der Waals surface area contributed by atoms with Crippen molar-refractivity contribution in [2.45, 2.75) is 38.5 Å². The van der Waals surface area contributed by atoms with Crippen LogP contribution in [-0.2, 0) is 11.3 Å². The number of ketones is 1. The van der Waals surface area contributed by atoms with Gasteiger partial charge in [-0.1, -0.05) is 30.3 Å². The van der Waals surface area contributed by atoms with Crippen molar-refractivity contribution in [3.63, 3.8) is 0 Å². The molecule has 2 aromatic heterocycles. The maximum atomic E-state index is 13.5. The second-order valence-corrected chi connectivity index (χ2v) is 9.27. The number of nitrogens with one attached hydrogen (secondary N) is 2. The van der Waals surface area contributed by atoms with Gasteiger partial charge in [-0.05, 0) is 25.8 Å². The predicted molar refractivity (Wildman–Crippen MR) is 134 cm³/mol. The molecule has 2 amide bonds. The number of hydrogen-bond donors (Lipinski definition) is 3. The Balaban J connectivity index is 1.66. The Morgan fingerprint density at radius 1 is 1.15 bits per heavy atom. The molecule has 0 spiro atoms. The van der Waals surface area contributed by atoms with Crippen LogP contribution in [-0.4, -0.2) is 75.7 Å². The van der Waals surface area contributed by atoms with Crippen molar-refractivity contribution >= 4 is 28.5 Å². The molecule has 0 atom stereocenters. The highest BCUT2D eigenvalue weighted by Crippen LogP contribution is 2.30. The summed E-state index contributed by atoms with van der Waals surface area (Å²) in [5.74, 6) is -2.15. The van der Waals surface area contributed by atoms with Gasteiger partial charge in [0.05, 0.1) is 12.1 Å². The third-order valence-electron chi connectivity index (χ3n) is 6.54. The topological polar surface area (TPSA) is 134 Å². The van der Waals surface area contributed by atoms with E-state index in [-0.39, 0.29) is 42.0 Å². The van der Waals surface area contributed by atoms with Crippen molar-refractivity contribution in [1.82, 2.24) is 19.8 Å². The van der Waals surface area contributed by atoms with E-state index < -0.39 is 48.6 Å². The lowest BCUT2D eigenvalue weighted by Gasteiger charge is -2.32. The zero-order chi connectivity index (χ0) is 28.3. The number of halogens is 3. The van der Waals surface area contributed by atoms with Gasteiger partial charge in [-0.25, -0.2) is 0 Å². The molecule has 1 saturated heterocycles. The molecule has 3 N–H and O–H groups in total. The zero-order valence-electron chi connectivity index (χ0n) is 21.0. The molecule has 39 heavy (non-hydrogen) atoms. The highest BCUT2D eigenvalue weighted by atomic mass is 19.4. The number of aromatic amines is 1. The van der Waals surface area contributed by atoms with Gasteiger partial charge < -0.3 is 29.6 Å². The maximum Gasteiger partial charge on any atom is 0.422 e. The molecule has 3 heterocycles. The van der Waals surface area contributed by atoms with Crippen LogP contribution in [0.5, 0.6) is 5.75 Å². The number of Topliss-reactive ketones (excluding diaryl/α,β-unsaturated/α-hetero) is 1. The third kappa shape index (κ3) is 6.30. The van der Waals surface area contributed by atoms with Gasteiger partial charge >= 0.3 is 6.18 Å². The third-order valence-corrected chi connectivity index (χ3v) is 6.54. The largest absolute Gasteiger partial charge is 0.481 e. The van der Waals surface area contributed by atoms with Crippen molar-refractivity contribution in [3.05, 3.63) is 63.7 Å². The normalized spacial score (nSPS) is 14.4. The van der Waals surface area contributed by atoms with E-state index in [1.807, 2.05) is 0 Å². The summed E-state index contributed by atoms with van der Waals surface area (Å²) < 4.78 is 45.3. The first-order valence-corrected chi connectivity index (χ1v) is 12.2. The monoisotopic (exact) mass is 548 g/mol. The molecule has 0 bridgehead atoms. The van der Waals surface area contributed by atoms with E-state index in [1.54, 1.807) is 37.3 Å². The Kier molecular flexibility index (Phi) is 8.09.